The summed E-state index contributed by atoms with van der Waals surface area (Å²) < 4.78 is 33.9. The Balaban J connectivity index is 1.67. The molecule has 0 radical (unpaired) electrons. The lowest BCUT2D eigenvalue weighted by atomic mass is 10.0. The van der Waals surface area contributed by atoms with Gasteiger partial charge in [-0.15, -0.1) is 0 Å². The van der Waals surface area contributed by atoms with E-state index in [-0.39, 0.29) is 17.4 Å². The molecule has 0 bridgehead atoms. The molecule has 1 N–H and O–H groups in total. The molecule has 0 unspecified atom stereocenters. The molecule has 0 saturated carbocycles. The molecule has 6 nitrogen and oxygen atoms in total. The minimum Gasteiger partial charge on any atom is -0.476 e. The van der Waals surface area contributed by atoms with Gasteiger partial charge in [-0.1, -0.05) is 62.4 Å². The van der Waals surface area contributed by atoms with Crippen LogP contribution in [0.25, 0.3) is 0 Å². The Morgan fingerprint density at radius 3 is 2.35 bits per heavy atom. The van der Waals surface area contributed by atoms with Gasteiger partial charge in [-0.2, -0.15) is 0 Å². The number of carbonyl (C=O) groups excluding carboxylic acids is 1. The standard InChI is InChI=1S/C24H24N2O4S/c1-17(2)19-12-6-7-13-20(19)25-24(27)23-16-26(21-14-8-9-15-22(21)30-23)31(28,29)18-10-4-3-5-11-18/h3-15,17,23H,16H2,1-2H3,(H,25,27)/t23-/m1/s1. The molecule has 1 aliphatic heterocycles. The molecule has 7 heteroatoms. The van der Waals surface area contributed by atoms with E-state index in [9.17, 15) is 13.2 Å². The van der Waals surface area contributed by atoms with Gasteiger partial charge in [-0.25, -0.2) is 8.42 Å². The Labute approximate surface area is 182 Å². The number of nitrogens with one attached hydrogen (secondary N) is 1. The minimum absolute atomic E-state index is 0.121. The molecule has 1 heterocycles. The molecule has 0 spiro atoms. The number of ether oxygens (including phenoxy) is 1. The van der Waals surface area contributed by atoms with Crippen molar-refractivity contribution in [2.75, 3.05) is 16.2 Å². The van der Waals surface area contributed by atoms with Crippen LogP contribution in [-0.2, 0) is 14.8 Å². The quantitative estimate of drug-likeness (QED) is 0.643. The second-order valence-corrected chi connectivity index (χ2v) is 9.52. The SMILES string of the molecule is CC(C)c1ccccc1NC(=O)[C@H]1CN(S(=O)(=O)c2ccccc2)c2ccccc2O1. The predicted octanol–water partition coefficient (Wildman–Crippen LogP) is 4.41. The van der Waals surface area contributed by atoms with Gasteiger partial charge in [-0.3, -0.25) is 9.10 Å². The Bertz CT molecular complexity index is 1190. The van der Waals surface area contributed by atoms with Crippen LogP contribution in [0.4, 0.5) is 11.4 Å². The third-order valence-electron chi connectivity index (χ3n) is 5.20. The van der Waals surface area contributed by atoms with Gasteiger partial charge in [-0.05, 0) is 41.8 Å². The van der Waals surface area contributed by atoms with Crippen molar-refractivity contribution in [3.8, 4) is 5.75 Å². The maximum atomic E-state index is 13.4. The summed E-state index contributed by atoms with van der Waals surface area (Å²) >= 11 is 0. The first-order valence-electron chi connectivity index (χ1n) is 10.1. The molecule has 1 aliphatic rings. The number of sulfonamides is 1. The minimum atomic E-state index is -3.86. The van der Waals surface area contributed by atoms with Crippen LogP contribution in [-0.4, -0.2) is 27.0 Å². The van der Waals surface area contributed by atoms with Crippen molar-refractivity contribution < 1.29 is 17.9 Å². The number of amides is 1. The average molecular weight is 437 g/mol. The molecule has 0 aliphatic carbocycles. The normalized spacial score (nSPS) is 15.8. The maximum absolute atomic E-state index is 13.4. The number of nitrogens with zero attached hydrogens (tertiary/aromatic N) is 1. The van der Waals surface area contributed by atoms with E-state index in [1.165, 1.54) is 4.31 Å². The zero-order chi connectivity index (χ0) is 22.0. The van der Waals surface area contributed by atoms with Gasteiger partial charge in [0.15, 0.2) is 6.10 Å². The second kappa shape index (κ2) is 8.43. The number of rotatable bonds is 5. The highest BCUT2D eigenvalue weighted by atomic mass is 32.2. The van der Waals surface area contributed by atoms with E-state index in [1.54, 1.807) is 54.6 Å². The van der Waals surface area contributed by atoms with Crippen molar-refractivity contribution in [1.82, 2.24) is 0 Å². The molecular weight excluding hydrogens is 412 g/mol. The van der Waals surface area contributed by atoms with Crippen LogP contribution < -0.4 is 14.4 Å². The topological polar surface area (TPSA) is 75.7 Å². The van der Waals surface area contributed by atoms with Crippen molar-refractivity contribution >= 4 is 27.3 Å². The average Bonchev–Trinajstić information content (AvgIpc) is 2.79. The van der Waals surface area contributed by atoms with Gasteiger partial charge in [0, 0.05) is 5.69 Å². The monoisotopic (exact) mass is 436 g/mol. The van der Waals surface area contributed by atoms with Gasteiger partial charge in [0.1, 0.15) is 5.75 Å². The largest absolute Gasteiger partial charge is 0.476 e. The fraction of sp³-hybridized carbons (Fsp3) is 0.208. The van der Waals surface area contributed by atoms with E-state index in [0.29, 0.717) is 17.1 Å². The first-order valence-corrected chi connectivity index (χ1v) is 11.5. The van der Waals surface area contributed by atoms with Crippen LogP contribution in [0, 0.1) is 0 Å². The number of fused-ring (bicyclic) bond motifs is 1. The number of anilines is 2. The highest BCUT2D eigenvalue weighted by Crippen LogP contribution is 2.37. The van der Waals surface area contributed by atoms with Crippen molar-refractivity contribution in [3.63, 3.8) is 0 Å². The Morgan fingerprint density at radius 2 is 1.61 bits per heavy atom. The summed E-state index contributed by atoms with van der Waals surface area (Å²) in [5.41, 5.74) is 2.11. The number of para-hydroxylation sites is 3. The zero-order valence-electron chi connectivity index (χ0n) is 17.4. The highest BCUT2D eigenvalue weighted by molar-refractivity contribution is 7.92. The highest BCUT2D eigenvalue weighted by Gasteiger charge is 2.37. The summed E-state index contributed by atoms with van der Waals surface area (Å²) in [4.78, 5) is 13.3. The first kappa shape index (κ1) is 20.9. The fourth-order valence-corrected chi connectivity index (χ4v) is 5.11. The van der Waals surface area contributed by atoms with Crippen LogP contribution in [0.15, 0.2) is 83.8 Å². The summed E-state index contributed by atoms with van der Waals surface area (Å²) in [5.74, 6) is 0.181. The fourth-order valence-electron chi connectivity index (χ4n) is 3.61. The summed E-state index contributed by atoms with van der Waals surface area (Å²) in [5, 5.41) is 2.92. The lowest BCUT2D eigenvalue weighted by Crippen LogP contribution is -2.48. The molecular formula is C24H24N2O4S. The second-order valence-electron chi connectivity index (χ2n) is 7.65. The molecule has 4 rings (SSSR count). The zero-order valence-corrected chi connectivity index (χ0v) is 18.2. The van der Waals surface area contributed by atoms with Crippen LogP contribution in [0.2, 0.25) is 0 Å². The van der Waals surface area contributed by atoms with E-state index >= 15 is 0 Å². The Morgan fingerprint density at radius 1 is 0.968 bits per heavy atom. The van der Waals surface area contributed by atoms with Gasteiger partial charge in [0.05, 0.1) is 17.1 Å². The molecule has 160 valence electrons. The lowest BCUT2D eigenvalue weighted by Gasteiger charge is -2.34. The smallest absolute Gasteiger partial charge is 0.267 e. The molecule has 0 saturated heterocycles. The Hall–Kier alpha value is -3.32. The number of benzene rings is 3. The van der Waals surface area contributed by atoms with Crippen LogP contribution in [0.1, 0.15) is 25.3 Å². The van der Waals surface area contributed by atoms with Gasteiger partial charge in [0.2, 0.25) is 0 Å². The summed E-state index contributed by atoms with van der Waals surface area (Å²) in [6.07, 6.45) is -0.992. The number of hydrogen-bond donors (Lipinski definition) is 1. The number of carbonyl (C=O) groups is 1. The summed E-state index contributed by atoms with van der Waals surface area (Å²) in [7, 11) is -3.86. The van der Waals surface area contributed by atoms with Crippen molar-refractivity contribution in [1.29, 1.82) is 0 Å². The molecule has 0 fully saturated rings. The van der Waals surface area contributed by atoms with E-state index in [1.807, 2.05) is 38.1 Å². The van der Waals surface area contributed by atoms with Crippen molar-refractivity contribution in [2.24, 2.45) is 0 Å². The van der Waals surface area contributed by atoms with Gasteiger partial charge in [0.25, 0.3) is 15.9 Å². The maximum Gasteiger partial charge on any atom is 0.267 e. The predicted molar refractivity (Wildman–Crippen MR) is 121 cm³/mol. The molecule has 1 amide bonds. The molecule has 31 heavy (non-hydrogen) atoms. The third kappa shape index (κ3) is 4.14. The van der Waals surface area contributed by atoms with E-state index in [2.05, 4.69) is 5.32 Å². The third-order valence-corrected chi connectivity index (χ3v) is 6.99. The van der Waals surface area contributed by atoms with E-state index in [0.717, 1.165) is 5.56 Å². The van der Waals surface area contributed by atoms with Gasteiger partial charge >= 0.3 is 0 Å². The first-order chi connectivity index (χ1) is 14.9. The molecule has 3 aromatic rings. The summed E-state index contributed by atoms with van der Waals surface area (Å²) in [6, 6.07) is 22.6. The molecule has 0 aromatic heterocycles. The summed E-state index contributed by atoms with van der Waals surface area (Å²) in [6.45, 7) is 3.98. The van der Waals surface area contributed by atoms with Crippen LogP contribution >= 0.6 is 0 Å². The van der Waals surface area contributed by atoms with Gasteiger partial charge < -0.3 is 10.1 Å². The molecule has 3 aromatic carbocycles. The van der Waals surface area contributed by atoms with Crippen molar-refractivity contribution in [2.45, 2.75) is 30.8 Å². The van der Waals surface area contributed by atoms with Crippen molar-refractivity contribution in [3.05, 3.63) is 84.4 Å². The molecule has 1 atom stereocenters. The van der Waals surface area contributed by atoms with Crippen LogP contribution in [0.5, 0.6) is 5.75 Å². The van der Waals surface area contributed by atoms with Crippen LogP contribution in [0.3, 0.4) is 0 Å². The number of hydrogen-bond acceptors (Lipinski definition) is 4. The van der Waals surface area contributed by atoms with E-state index in [4.69, 9.17) is 4.74 Å². The lowest BCUT2D eigenvalue weighted by molar-refractivity contribution is -0.122. The Kier molecular flexibility index (Phi) is 5.69. The van der Waals surface area contributed by atoms with E-state index < -0.39 is 22.0 Å².